The third kappa shape index (κ3) is 4.76. The van der Waals surface area contributed by atoms with Gasteiger partial charge >= 0.3 is 0 Å². The second-order valence-electron chi connectivity index (χ2n) is 4.91. The second-order valence-corrected chi connectivity index (χ2v) is 6.67. The van der Waals surface area contributed by atoms with Gasteiger partial charge in [-0.3, -0.25) is 9.78 Å². The van der Waals surface area contributed by atoms with Crippen LogP contribution in [-0.4, -0.2) is 31.0 Å². The number of rotatable bonds is 6. The average molecular weight is 335 g/mol. The molecule has 0 spiro atoms. The number of sulfonamides is 1. The van der Waals surface area contributed by atoms with Gasteiger partial charge in [0, 0.05) is 25.4 Å². The fraction of sp³-hybridized carbons (Fsp3) is 0.200. The predicted octanol–water partition coefficient (Wildman–Crippen LogP) is 1.40. The number of hydrogen-bond acceptors (Lipinski definition) is 5. The first kappa shape index (κ1) is 16.9. The first-order valence-corrected chi connectivity index (χ1v) is 8.36. The monoisotopic (exact) mass is 335 g/mol. The molecule has 8 heteroatoms. The summed E-state index contributed by atoms with van der Waals surface area (Å²) in [6.07, 6.45) is 2.64. The fourth-order valence-corrected chi connectivity index (χ4v) is 2.85. The standard InChI is InChI=1S/C15H17N3O4S/c1-11-4-5-14(19)13(9-11)18-15(20)6-8-17-23(21,22)12-3-2-7-16-10-12/h2-5,7,9-10,17,19H,6,8H2,1H3,(H,18,20). The van der Waals surface area contributed by atoms with E-state index in [9.17, 15) is 18.3 Å². The first-order valence-electron chi connectivity index (χ1n) is 6.87. The summed E-state index contributed by atoms with van der Waals surface area (Å²) in [7, 11) is -3.69. The topological polar surface area (TPSA) is 108 Å². The van der Waals surface area contributed by atoms with Gasteiger partial charge in [-0.05, 0) is 36.8 Å². The summed E-state index contributed by atoms with van der Waals surface area (Å²) >= 11 is 0. The van der Waals surface area contributed by atoms with Gasteiger partial charge in [0.2, 0.25) is 15.9 Å². The average Bonchev–Trinajstić information content (AvgIpc) is 2.51. The molecule has 122 valence electrons. The van der Waals surface area contributed by atoms with Crippen molar-refractivity contribution in [3.05, 3.63) is 48.3 Å². The lowest BCUT2D eigenvalue weighted by molar-refractivity contribution is -0.116. The number of pyridine rings is 1. The quantitative estimate of drug-likeness (QED) is 0.692. The maximum Gasteiger partial charge on any atom is 0.242 e. The summed E-state index contributed by atoms with van der Waals surface area (Å²) in [6.45, 7) is 1.77. The molecule has 23 heavy (non-hydrogen) atoms. The zero-order chi connectivity index (χ0) is 16.9. The SMILES string of the molecule is Cc1ccc(O)c(NC(=O)CCNS(=O)(=O)c2cccnc2)c1. The van der Waals surface area contributed by atoms with E-state index in [0.717, 1.165) is 5.56 Å². The number of aromatic hydroxyl groups is 1. The number of aromatic nitrogens is 1. The van der Waals surface area contributed by atoms with E-state index in [2.05, 4.69) is 15.0 Å². The molecule has 0 atom stereocenters. The Hall–Kier alpha value is -2.45. The van der Waals surface area contributed by atoms with Crippen LogP contribution in [0.25, 0.3) is 0 Å². The Balaban J connectivity index is 1.89. The highest BCUT2D eigenvalue weighted by atomic mass is 32.2. The molecule has 0 aliphatic heterocycles. The van der Waals surface area contributed by atoms with Gasteiger partial charge in [0.05, 0.1) is 5.69 Å². The Kier molecular flexibility index (Phi) is 5.30. The summed E-state index contributed by atoms with van der Waals surface area (Å²) in [4.78, 5) is 15.6. The van der Waals surface area contributed by atoms with Crippen LogP contribution in [0, 0.1) is 6.92 Å². The van der Waals surface area contributed by atoms with Crippen molar-refractivity contribution in [2.45, 2.75) is 18.2 Å². The largest absolute Gasteiger partial charge is 0.506 e. The highest BCUT2D eigenvalue weighted by Crippen LogP contribution is 2.23. The van der Waals surface area contributed by atoms with Crippen LogP contribution in [0.3, 0.4) is 0 Å². The molecular formula is C15H17N3O4S. The molecule has 2 rings (SSSR count). The number of nitrogens with one attached hydrogen (secondary N) is 2. The Morgan fingerprint density at radius 1 is 1.30 bits per heavy atom. The van der Waals surface area contributed by atoms with E-state index in [1.165, 1.54) is 30.6 Å². The van der Waals surface area contributed by atoms with Crippen LogP contribution in [0.2, 0.25) is 0 Å². The molecule has 2 aromatic rings. The Morgan fingerprint density at radius 2 is 2.09 bits per heavy atom. The van der Waals surface area contributed by atoms with Gasteiger partial charge in [-0.15, -0.1) is 0 Å². The van der Waals surface area contributed by atoms with Crippen molar-refractivity contribution in [1.82, 2.24) is 9.71 Å². The van der Waals surface area contributed by atoms with Crippen LogP contribution < -0.4 is 10.0 Å². The van der Waals surface area contributed by atoms with Gasteiger partial charge in [0.25, 0.3) is 0 Å². The van der Waals surface area contributed by atoms with Crippen molar-refractivity contribution in [3.63, 3.8) is 0 Å². The normalized spacial score (nSPS) is 11.2. The minimum atomic E-state index is -3.69. The van der Waals surface area contributed by atoms with E-state index >= 15 is 0 Å². The van der Waals surface area contributed by atoms with E-state index in [0.29, 0.717) is 5.69 Å². The van der Waals surface area contributed by atoms with Crippen molar-refractivity contribution in [2.24, 2.45) is 0 Å². The van der Waals surface area contributed by atoms with E-state index in [1.54, 1.807) is 12.1 Å². The maximum atomic E-state index is 11.9. The summed E-state index contributed by atoms with van der Waals surface area (Å²) in [5.74, 6) is -0.445. The third-order valence-electron chi connectivity index (χ3n) is 3.01. The van der Waals surface area contributed by atoms with Crippen molar-refractivity contribution in [1.29, 1.82) is 0 Å². The molecule has 1 aromatic carbocycles. The van der Waals surface area contributed by atoms with E-state index < -0.39 is 15.9 Å². The van der Waals surface area contributed by atoms with Crippen molar-refractivity contribution in [2.75, 3.05) is 11.9 Å². The van der Waals surface area contributed by atoms with Crippen LogP contribution >= 0.6 is 0 Å². The Bertz CT molecular complexity index is 792. The van der Waals surface area contributed by atoms with Crippen molar-refractivity contribution < 1.29 is 18.3 Å². The molecule has 0 fully saturated rings. The predicted molar refractivity (Wildman–Crippen MR) is 85.5 cm³/mol. The van der Waals surface area contributed by atoms with Crippen molar-refractivity contribution in [3.8, 4) is 5.75 Å². The molecule has 0 radical (unpaired) electrons. The summed E-state index contributed by atoms with van der Waals surface area (Å²) < 4.78 is 26.2. The molecule has 1 amide bonds. The first-order chi connectivity index (χ1) is 10.9. The van der Waals surface area contributed by atoms with Gasteiger partial charge < -0.3 is 10.4 Å². The highest BCUT2D eigenvalue weighted by Gasteiger charge is 2.14. The van der Waals surface area contributed by atoms with Crippen LogP contribution in [0.5, 0.6) is 5.75 Å². The molecule has 1 aromatic heterocycles. The number of phenolic OH excluding ortho intramolecular Hbond substituents is 1. The summed E-state index contributed by atoms with van der Waals surface area (Å²) in [6, 6.07) is 7.76. The number of carbonyl (C=O) groups excluding carboxylic acids is 1. The minimum Gasteiger partial charge on any atom is -0.506 e. The number of phenols is 1. The van der Waals surface area contributed by atoms with Gasteiger partial charge in [0.1, 0.15) is 10.6 Å². The second kappa shape index (κ2) is 7.21. The van der Waals surface area contributed by atoms with Crippen LogP contribution in [0.4, 0.5) is 5.69 Å². The molecule has 0 saturated carbocycles. The number of benzene rings is 1. The zero-order valence-corrected chi connectivity index (χ0v) is 13.3. The number of hydrogen-bond donors (Lipinski definition) is 3. The molecule has 3 N–H and O–H groups in total. The highest BCUT2D eigenvalue weighted by molar-refractivity contribution is 7.89. The maximum absolute atomic E-state index is 11.9. The number of nitrogens with zero attached hydrogens (tertiary/aromatic N) is 1. The van der Waals surface area contributed by atoms with Crippen LogP contribution in [0.1, 0.15) is 12.0 Å². The molecule has 0 aliphatic carbocycles. The fourth-order valence-electron chi connectivity index (χ4n) is 1.85. The molecular weight excluding hydrogens is 318 g/mol. The van der Waals surface area contributed by atoms with Gasteiger partial charge in [0.15, 0.2) is 0 Å². The van der Waals surface area contributed by atoms with E-state index in [4.69, 9.17) is 0 Å². The summed E-state index contributed by atoms with van der Waals surface area (Å²) in [5.41, 5.74) is 1.18. The van der Waals surface area contributed by atoms with E-state index in [-0.39, 0.29) is 23.6 Å². The Labute approximate surface area is 134 Å². The smallest absolute Gasteiger partial charge is 0.242 e. The lowest BCUT2D eigenvalue weighted by Crippen LogP contribution is -2.28. The number of amides is 1. The molecule has 7 nitrogen and oxygen atoms in total. The molecule has 1 heterocycles. The lowest BCUT2D eigenvalue weighted by atomic mass is 10.2. The summed E-state index contributed by atoms with van der Waals surface area (Å²) in [5, 5.41) is 12.2. The molecule has 0 bridgehead atoms. The number of carbonyl (C=O) groups is 1. The molecule has 0 unspecified atom stereocenters. The number of anilines is 1. The third-order valence-corrected chi connectivity index (χ3v) is 4.46. The number of aryl methyl sites for hydroxylation is 1. The molecule has 0 saturated heterocycles. The van der Waals surface area contributed by atoms with E-state index in [1.807, 2.05) is 6.92 Å². The zero-order valence-electron chi connectivity index (χ0n) is 12.5. The lowest BCUT2D eigenvalue weighted by Gasteiger charge is -2.09. The van der Waals surface area contributed by atoms with Gasteiger partial charge in [-0.2, -0.15) is 0 Å². The Morgan fingerprint density at radius 3 is 2.78 bits per heavy atom. The van der Waals surface area contributed by atoms with Gasteiger partial charge in [-0.25, -0.2) is 13.1 Å². The minimum absolute atomic E-state index is 0.0386. The van der Waals surface area contributed by atoms with Crippen LogP contribution in [0.15, 0.2) is 47.6 Å². The van der Waals surface area contributed by atoms with Crippen LogP contribution in [-0.2, 0) is 14.8 Å². The van der Waals surface area contributed by atoms with Gasteiger partial charge in [-0.1, -0.05) is 6.07 Å². The van der Waals surface area contributed by atoms with Crippen molar-refractivity contribution >= 4 is 21.6 Å². The molecule has 0 aliphatic rings.